The fraction of sp³-hybridized carbons (Fsp3) is 0.312. The Balaban J connectivity index is 1.65. The lowest BCUT2D eigenvalue weighted by molar-refractivity contribution is -0.137. The van der Waals surface area contributed by atoms with Gasteiger partial charge in [-0.15, -0.1) is 0 Å². The summed E-state index contributed by atoms with van der Waals surface area (Å²) in [5.41, 5.74) is 2.22. The van der Waals surface area contributed by atoms with E-state index in [0.29, 0.717) is 24.1 Å². The van der Waals surface area contributed by atoms with Crippen LogP contribution < -0.4 is 0 Å². The quantitative estimate of drug-likeness (QED) is 0.284. The van der Waals surface area contributed by atoms with E-state index in [9.17, 15) is 18.0 Å². The van der Waals surface area contributed by atoms with Crippen LogP contribution in [0.15, 0.2) is 96.1 Å². The number of ketones is 1. The first kappa shape index (κ1) is 27.5. The zero-order chi connectivity index (χ0) is 27.2. The largest absolute Gasteiger partial charge is 0.416 e. The molecule has 0 spiro atoms. The maximum atomic E-state index is 13.6. The van der Waals surface area contributed by atoms with E-state index < -0.39 is 11.7 Å². The molecule has 0 saturated heterocycles. The summed E-state index contributed by atoms with van der Waals surface area (Å²) in [7, 11) is 1.48. The van der Waals surface area contributed by atoms with E-state index in [1.54, 1.807) is 6.20 Å². The Morgan fingerprint density at radius 1 is 0.947 bits per heavy atom. The zero-order valence-corrected chi connectivity index (χ0v) is 21.7. The van der Waals surface area contributed by atoms with Crippen molar-refractivity contribution in [2.24, 2.45) is 10.9 Å². The first-order valence-corrected chi connectivity index (χ1v) is 12.8. The topological polar surface area (TPSA) is 38.7 Å². The maximum absolute atomic E-state index is 13.6. The standard InChI is InChI=1S/C32H32F3NO2/c1-31(24-10-5-3-6-11-24,25-12-7-4-8-13-25)26-14-9-20-36-29(18-16-26)30(37)28-17-15-27(32(33,34)35)22-23(28)19-21-38-2/h3-13,15,17,20,22,26H,14,16,18-19,21H2,1-2H3/b20-9-,36-29?. The molecule has 3 aromatic carbocycles. The minimum absolute atomic E-state index is 0.169. The molecule has 4 rings (SSSR count). The summed E-state index contributed by atoms with van der Waals surface area (Å²) in [6.45, 7) is 2.46. The summed E-state index contributed by atoms with van der Waals surface area (Å²) in [6, 6.07) is 24.0. The van der Waals surface area contributed by atoms with Crippen molar-refractivity contribution in [1.29, 1.82) is 0 Å². The first-order chi connectivity index (χ1) is 18.2. The number of methoxy groups -OCH3 is 1. The predicted octanol–water partition coefficient (Wildman–Crippen LogP) is 7.84. The number of carbonyl (C=O) groups is 1. The third kappa shape index (κ3) is 5.97. The fourth-order valence-electron chi connectivity index (χ4n) is 5.33. The number of alkyl halides is 3. The molecule has 0 fully saturated rings. The summed E-state index contributed by atoms with van der Waals surface area (Å²) in [6.07, 6.45) is 1.26. The highest BCUT2D eigenvalue weighted by Crippen LogP contribution is 2.43. The van der Waals surface area contributed by atoms with Crippen molar-refractivity contribution >= 4 is 11.5 Å². The van der Waals surface area contributed by atoms with Gasteiger partial charge >= 0.3 is 6.18 Å². The molecule has 0 bridgehead atoms. The van der Waals surface area contributed by atoms with Crippen LogP contribution >= 0.6 is 0 Å². The van der Waals surface area contributed by atoms with Crippen molar-refractivity contribution in [1.82, 2.24) is 0 Å². The molecule has 198 valence electrons. The Morgan fingerprint density at radius 3 is 2.16 bits per heavy atom. The van der Waals surface area contributed by atoms with E-state index in [4.69, 9.17) is 4.74 Å². The van der Waals surface area contributed by atoms with Crippen molar-refractivity contribution in [3.63, 3.8) is 0 Å². The van der Waals surface area contributed by atoms with Crippen LogP contribution in [0.3, 0.4) is 0 Å². The Hall–Kier alpha value is -3.51. The van der Waals surface area contributed by atoms with Gasteiger partial charge in [0, 0.05) is 24.3 Å². The summed E-state index contributed by atoms with van der Waals surface area (Å²) < 4.78 is 45.2. The molecule has 1 aliphatic heterocycles. The van der Waals surface area contributed by atoms with Gasteiger partial charge in [-0.3, -0.25) is 9.79 Å². The van der Waals surface area contributed by atoms with Gasteiger partial charge < -0.3 is 4.74 Å². The lowest BCUT2D eigenvalue weighted by Gasteiger charge is -2.39. The number of benzene rings is 3. The van der Waals surface area contributed by atoms with Crippen molar-refractivity contribution in [3.05, 3.63) is 119 Å². The molecule has 1 heterocycles. The molecule has 3 nitrogen and oxygen atoms in total. The Bertz CT molecular complexity index is 1260. The van der Waals surface area contributed by atoms with Gasteiger partial charge in [0.2, 0.25) is 5.78 Å². The molecule has 3 aromatic rings. The summed E-state index contributed by atoms with van der Waals surface area (Å²) >= 11 is 0. The Labute approximate surface area is 222 Å². The highest BCUT2D eigenvalue weighted by Gasteiger charge is 2.38. The lowest BCUT2D eigenvalue weighted by atomic mass is 9.64. The van der Waals surface area contributed by atoms with Crippen molar-refractivity contribution < 1.29 is 22.7 Å². The molecule has 0 saturated carbocycles. The molecule has 0 radical (unpaired) electrons. The van der Waals surface area contributed by atoms with Gasteiger partial charge in [-0.1, -0.05) is 79.7 Å². The highest BCUT2D eigenvalue weighted by molar-refractivity contribution is 6.46. The number of carbonyl (C=O) groups excluding carboxylic acids is 1. The molecule has 0 amide bonds. The summed E-state index contributed by atoms with van der Waals surface area (Å²) in [4.78, 5) is 18.1. The van der Waals surface area contributed by atoms with Gasteiger partial charge in [0.1, 0.15) is 0 Å². The van der Waals surface area contributed by atoms with Gasteiger partial charge in [-0.25, -0.2) is 0 Å². The van der Waals surface area contributed by atoms with Crippen LogP contribution in [-0.2, 0) is 22.7 Å². The van der Waals surface area contributed by atoms with Crippen LogP contribution in [0.2, 0.25) is 0 Å². The van der Waals surface area contributed by atoms with Crippen molar-refractivity contribution in [2.45, 2.75) is 44.2 Å². The average Bonchev–Trinajstić information content (AvgIpc) is 2.91. The maximum Gasteiger partial charge on any atom is 0.416 e. The molecule has 0 N–H and O–H groups in total. The second-order valence-corrected chi connectivity index (χ2v) is 9.81. The van der Waals surface area contributed by atoms with E-state index in [2.05, 4.69) is 36.2 Å². The third-order valence-corrected chi connectivity index (χ3v) is 7.56. The van der Waals surface area contributed by atoms with Crippen LogP contribution in [0.25, 0.3) is 0 Å². The smallest absolute Gasteiger partial charge is 0.384 e. The van der Waals surface area contributed by atoms with Gasteiger partial charge in [0.15, 0.2) is 0 Å². The molecular formula is C32H32F3NO2. The molecule has 0 aliphatic carbocycles. The van der Waals surface area contributed by atoms with Crippen molar-refractivity contribution in [3.8, 4) is 0 Å². The molecule has 6 heteroatoms. The minimum atomic E-state index is -4.49. The molecule has 1 unspecified atom stereocenters. The monoisotopic (exact) mass is 519 g/mol. The Kier molecular flexibility index (Phi) is 8.62. The van der Waals surface area contributed by atoms with Crippen molar-refractivity contribution in [2.75, 3.05) is 13.7 Å². The number of rotatable bonds is 8. The third-order valence-electron chi connectivity index (χ3n) is 7.56. The minimum Gasteiger partial charge on any atom is -0.384 e. The summed E-state index contributed by atoms with van der Waals surface area (Å²) in [5, 5.41) is 0. The van der Waals surface area contributed by atoms with Gasteiger partial charge in [0.25, 0.3) is 0 Å². The second kappa shape index (κ2) is 11.9. The summed E-state index contributed by atoms with van der Waals surface area (Å²) in [5.74, 6) is -0.168. The number of nitrogens with zero attached hydrogens (tertiary/aromatic N) is 1. The van der Waals surface area contributed by atoms with Crippen LogP contribution in [0.1, 0.15) is 58.8 Å². The highest BCUT2D eigenvalue weighted by atomic mass is 19.4. The van der Waals surface area contributed by atoms with Gasteiger partial charge in [0.05, 0.1) is 17.9 Å². The average molecular weight is 520 g/mol. The molecular weight excluding hydrogens is 487 g/mol. The first-order valence-electron chi connectivity index (χ1n) is 12.8. The van der Waals surface area contributed by atoms with E-state index in [0.717, 1.165) is 18.6 Å². The number of hydrogen-bond donors (Lipinski definition) is 0. The Morgan fingerprint density at radius 2 is 1.58 bits per heavy atom. The van der Waals surface area contributed by atoms with Gasteiger partial charge in [-0.2, -0.15) is 13.2 Å². The number of hydrogen-bond acceptors (Lipinski definition) is 3. The normalized spacial score (nSPS) is 17.3. The molecule has 1 atom stereocenters. The number of Topliss-reactive ketones (excluding diaryl/α,β-unsaturated/α-hetero) is 1. The zero-order valence-electron chi connectivity index (χ0n) is 21.7. The number of ether oxygens (including phenoxy) is 1. The molecule has 38 heavy (non-hydrogen) atoms. The number of allylic oxidation sites excluding steroid dienone is 1. The lowest BCUT2D eigenvalue weighted by Crippen LogP contribution is -2.34. The predicted molar refractivity (Wildman–Crippen MR) is 145 cm³/mol. The van der Waals surface area contributed by atoms with E-state index in [1.165, 1.54) is 24.3 Å². The van der Waals surface area contributed by atoms with E-state index >= 15 is 0 Å². The van der Waals surface area contributed by atoms with Crippen LogP contribution in [0.4, 0.5) is 13.2 Å². The molecule has 0 aromatic heterocycles. The van der Waals surface area contributed by atoms with Crippen LogP contribution in [-0.4, -0.2) is 25.2 Å². The van der Waals surface area contributed by atoms with Crippen LogP contribution in [0, 0.1) is 5.92 Å². The fourth-order valence-corrected chi connectivity index (χ4v) is 5.33. The van der Waals surface area contributed by atoms with E-state index in [-0.39, 0.29) is 35.7 Å². The SMILES string of the molecule is COCCc1cc(C(F)(F)F)ccc1C(=O)C1=N/C=C\CC(C(C)(c2ccccc2)c2ccccc2)CC1. The van der Waals surface area contributed by atoms with Gasteiger partial charge in [-0.05, 0) is 60.4 Å². The number of aliphatic imine (C=N–C) groups is 1. The number of halogens is 3. The van der Waals surface area contributed by atoms with E-state index in [1.807, 2.05) is 42.5 Å². The van der Waals surface area contributed by atoms with Crippen LogP contribution in [0.5, 0.6) is 0 Å². The molecule has 1 aliphatic rings. The second-order valence-electron chi connectivity index (χ2n) is 9.81.